The predicted octanol–water partition coefficient (Wildman–Crippen LogP) is 5.73. The van der Waals surface area contributed by atoms with E-state index in [1.165, 1.54) is 57.2 Å². The molecule has 4 nitrogen and oxygen atoms in total. The molecule has 0 radical (unpaired) electrons. The first kappa shape index (κ1) is 20.9. The van der Waals surface area contributed by atoms with Gasteiger partial charge in [-0.1, -0.05) is 88.6 Å². The predicted molar refractivity (Wildman–Crippen MR) is 110 cm³/mol. The van der Waals surface area contributed by atoms with Crippen molar-refractivity contribution in [2.45, 2.75) is 64.7 Å². The third-order valence-electron chi connectivity index (χ3n) is 4.71. The molecular formula is C23H31NO3. The van der Waals surface area contributed by atoms with Crippen molar-refractivity contribution in [1.29, 1.82) is 0 Å². The molecule has 0 aliphatic rings. The number of esters is 1. The molecule has 1 aromatic heterocycles. The van der Waals surface area contributed by atoms with Gasteiger partial charge in [-0.2, -0.15) is 0 Å². The molecule has 0 atom stereocenters. The Hall–Kier alpha value is -2.36. The SMILES string of the molecule is CCCCCCCCCCCOC(=O)c1c[nH]c(=O)cc1-c1ccccc1. The molecule has 0 unspecified atom stereocenters. The molecule has 2 rings (SSSR count). The third-order valence-corrected chi connectivity index (χ3v) is 4.71. The molecule has 0 aliphatic heterocycles. The molecule has 2 aromatic rings. The summed E-state index contributed by atoms with van der Waals surface area (Å²) in [7, 11) is 0. The van der Waals surface area contributed by atoms with Gasteiger partial charge in [-0.05, 0) is 12.0 Å². The Labute approximate surface area is 162 Å². The Kier molecular flexibility index (Phi) is 9.39. The van der Waals surface area contributed by atoms with E-state index < -0.39 is 0 Å². The fraction of sp³-hybridized carbons (Fsp3) is 0.478. The molecule has 1 heterocycles. The van der Waals surface area contributed by atoms with Gasteiger partial charge in [-0.3, -0.25) is 4.79 Å². The first-order chi connectivity index (χ1) is 13.2. The van der Waals surface area contributed by atoms with Crippen LogP contribution < -0.4 is 5.56 Å². The van der Waals surface area contributed by atoms with Gasteiger partial charge in [-0.15, -0.1) is 0 Å². The molecule has 0 saturated heterocycles. The second kappa shape index (κ2) is 12.1. The maximum Gasteiger partial charge on any atom is 0.340 e. The van der Waals surface area contributed by atoms with Crippen molar-refractivity contribution in [3.05, 3.63) is 58.5 Å². The van der Waals surface area contributed by atoms with E-state index in [-0.39, 0.29) is 11.5 Å². The highest BCUT2D eigenvalue weighted by Crippen LogP contribution is 2.22. The molecule has 27 heavy (non-hydrogen) atoms. The summed E-state index contributed by atoms with van der Waals surface area (Å²) in [6.45, 7) is 2.65. The smallest absolute Gasteiger partial charge is 0.340 e. The number of hydrogen-bond donors (Lipinski definition) is 1. The highest BCUT2D eigenvalue weighted by Gasteiger charge is 2.15. The monoisotopic (exact) mass is 369 g/mol. The summed E-state index contributed by atoms with van der Waals surface area (Å²) in [6.07, 6.45) is 12.5. The Morgan fingerprint density at radius 3 is 2.22 bits per heavy atom. The van der Waals surface area contributed by atoms with Crippen molar-refractivity contribution >= 4 is 5.97 Å². The van der Waals surface area contributed by atoms with Gasteiger partial charge in [0.2, 0.25) is 5.56 Å². The molecule has 0 spiro atoms. The molecule has 0 fully saturated rings. The maximum atomic E-state index is 12.4. The van der Waals surface area contributed by atoms with Crippen LogP contribution in [0.1, 0.15) is 75.1 Å². The van der Waals surface area contributed by atoms with E-state index in [4.69, 9.17) is 4.74 Å². The summed E-state index contributed by atoms with van der Waals surface area (Å²) in [5.41, 5.74) is 1.61. The van der Waals surface area contributed by atoms with Crippen LogP contribution in [0.15, 0.2) is 47.4 Å². The number of H-pyrrole nitrogens is 1. The number of benzene rings is 1. The number of carbonyl (C=O) groups excluding carboxylic acids is 1. The molecule has 4 heteroatoms. The summed E-state index contributed by atoms with van der Waals surface area (Å²) < 4.78 is 5.43. The van der Waals surface area contributed by atoms with E-state index in [0.717, 1.165) is 18.4 Å². The fourth-order valence-electron chi connectivity index (χ4n) is 3.15. The fourth-order valence-corrected chi connectivity index (χ4v) is 3.15. The van der Waals surface area contributed by atoms with Crippen LogP contribution in [0.2, 0.25) is 0 Å². The summed E-state index contributed by atoms with van der Waals surface area (Å²) in [5.74, 6) is -0.385. The van der Waals surface area contributed by atoms with Gasteiger partial charge in [0.15, 0.2) is 0 Å². The zero-order valence-corrected chi connectivity index (χ0v) is 16.3. The van der Waals surface area contributed by atoms with Crippen LogP contribution in [-0.2, 0) is 4.74 Å². The van der Waals surface area contributed by atoms with E-state index in [9.17, 15) is 9.59 Å². The van der Waals surface area contributed by atoms with Crippen molar-refractivity contribution < 1.29 is 9.53 Å². The summed E-state index contributed by atoms with van der Waals surface area (Å²) in [6, 6.07) is 10.9. The topological polar surface area (TPSA) is 59.2 Å². The Morgan fingerprint density at radius 1 is 0.926 bits per heavy atom. The summed E-state index contributed by atoms with van der Waals surface area (Å²) >= 11 is 0. The second-order valence-corrected chi connectivity index (χ2v) is 6.95. The zero-order valence-electron chi connectivity index (χ0n) is 16.3. The van der Waals surface area contributed by atoms with E-state index in [1.54, 1.807) is 0 Å². The van der Waals surface area contributed by atoms with E-state index in [2.05, 4.69) is 11.9 Å². The van der Waals surface area contributed by atoms with Crippen LogP contribution >= 0.6 is 0 Å². The van der Waals surface area contributed by atoms with E-state index in [1.807, 2.05) is 30.3 Å². The van der Waals surface area contributed by atoms with Gasteiger partial charge in [-0.25, -0.2) is 4.79 Å². The van der Waals surface area contributed by atoms with Crippen LogP contribution in [0, 0.1) is 0 Å². The lowest BCUT2D eigenvalue weighted by molar-refractivity contribution is 0.0498. The first-order valence-corrected chi connectivity index (χ1v) is 10.2. The average molecular weight is 370 g/mol. The molecule has 1 N–H and O–H groups in total. The van der Waals surface area contributed by atoms with Crippen molar-refractivity contribution in [3.8, 4) is 11.1 Å². The quantitative estimate of drug-likeness (QED) is 0.384. The van der Waals surface area contributed by atoms with Crippen molar-refractivity contribution in [3.63, 3.8) is 0 Å². The molecule has 0 aliphatic carbocycles. The lowest BCUT2D eigenvalue weighted by Crippen LogP contribution is -2.13. The number of unbranched alkanes of at least 4 members (excludes halogenated alkanes) is 8. The Balaban J connectivity index is 1.76. The molecule has 1 aromatic carbocycles. The average Bonchev–Trinajstić information content (AvgIpc) is 2.70. The van der Waals surface area contributed by atoms with Gasteiger partial charge < -0.3 is 9.72 Å². The largest absolute Gasteiger partial charge is 0.462 e. The number of rotatable bonds is 12. The second-order valence-electron chi connectivity index (χ2n) is 6.95. The number of nitrogens with one attached hydrogen (secondary N) is 1. The molecule has 0 amide bonds. The number of aromatic amines is 1. The Bertz CT molecular complexity index is 737. The molecular weight excluding hydrogens is 338 g/mol. The first-order valence-electron chi connectivity index (χ1n) is 10.2. The minimum absolute atomic E-state index is 0.232. The Morgan fingerprint density at radius 2 is 1.56 bits per heavy atom. The van der Waals surface area contributed by atoms with Crippen LogP contribution in [0.3, 0.4) is 0 Å². The van der Waals surface area contributed by atoms with Gasteiger partial charge >= 0.3 is 5.97 Å². The summed E-state index contributed by atoms with van der Waals surface area (Å²) in [4.78, 5) is 26.7. The highest BCUT2D eigenvalue weighted by molar-refractivity contribution is 5.96. The lowest BCUT2D eigenvalue weighted by Gasteiger charge is -2.09. The van der Waals surface area contributed by atoms with Crippen molar-refractivity contribution in [2.75, 3.05) is 6.61 Å². The number of ether oxygens (including phenoxy) is 1. The number of pyridine rings is 1. The third kappa shape index (κ3) is 7.41. The van der Waals surface area contributed by atoms with Crippen LogP contribution in [0.25, 0.3) is 11.1 Å². The minimum atomic E-state index is -0.385. The zero-order chi connectivity index (χ0) is 19.3. The number of aromatic nitrogens is 1. The highest BCUT2D eigenvalue weighted by atomic mass is 16.5. The minimum Gasteiger partial charge on any atom is -0.462 e. The number of carbonyl (C=O) groups is 1. The van der Waals surface area contributed by atoms with Crippen LogP contribution in [-0.4, -0.2) is 17.6 Å². The van der Waals surface area contributed by atoms with Crippen molar-refractivity contribution in [1.82, 2.24) is 4.98 Å². The van der Waals surface area contributed by atoms with E-state index >= 15 is 0 Å². The van der Waals surface area contributed by atoms with E-state index in [0.29, 0.717) is 17.7 Å². The molecule has 0 saturated carbocycles. The van der Waals surface area contributed by atoms with Crippen LogP contribution in [0.5, 0.6) is 0 Å². The summed E-state index contributed by atoms with van der Waals surface area (Å²) in [5, 5.41) is 0. The molecule has 146 valence electrons. The normalized spacial score (nSPS) is 10.7. The molecule has 0 bridgehead atoms. The standard InChI is InChI=1S/C23H31NO3/c1-2-3-4-5-6-7-8-9-13-16-27-23(26)21-18-24-22(25)17-20(21)19-14-11-10-12-15-19/h10-12,14-15,17-18H,2-9,13,16H2,1H3,(H,24,25). The van der Waals surface area contributed by atoms with Gasteiger partial charge in [0.05, 0.1) is 12.2 Å². The van der Waals surface area contributed by atoms with Crippen LogP contribution in [0.4, 0.5) is 0 Å². The van der Waals surface area contributed by atoms with Gasteiger partial charge in [0, 0.05) is 17.8 Å². The van der Waals surface area contributed by atoms with Crippen molar-refractivity contribution in [2.24, 2.45) is 0 Å². The number of hydrogen-bond acceptors (Lipinski definition) is 3. The maximum absolute atomic E-state index is 12.4. The van der Waals surface area contributed by atoms with Gasteiger partial charge in [0.1, 0.15) is 0 Å². The van der Waals surface area contributed by atoms with Gasteiger partial charge in [0.25, 0.3) is 0 Å². The lowest BCUT2D eigenvalue weighted by atomic mass is 10.0.